The molecule has 2 heterocycles. The summed E-state index contributed by atoms with van der Waals surface area (Å²) in [4.78, 5) is 16.8. The molecule has 0 radical (unpaired) electrons. The van der Waals surface area contributed by atoms with Crippen LogP contribution in [-0.4, -0.2) is 30.7 Å². The van der Waals surface area contributed by atoms with Crippen LogP contribution in [0.4, 0.5) is 0 Å². The lowest BCUT2D eigenvalue weighted by Gasteiger charge is -2.17. The first-order chi connectivity index (χ1) is 8.89. The van der Waals surface area contributed by atoms with Crippen LogP contribution in [0.15, 0.2) is 6.33 Å². The Balaban J connectivity index is 2.15. The molecule has 0 aliphatic heterocycles. The number of hydrogen-bond donors (Lipinski definition) is 2. The molecular formula is C11H16N6OS. The molecule has 2 rings (SSSR count). The van der Waals surface area contributed by atoms with Crippen molar-refractivity contribution in [2.45, 2.75) is 39.2 Å². The third-order valence-electron chi connectivity index (χ3n) is 2.60. The summed E-state index contributed by atoms with van der Waals surface area (Å²) < 4.78 is 3.87. The van der Waals surface area contributed by atoms with E-state index >= 15 is 0 Å². The third-order valence-corrected chi connectivity index (χ3v) is 3.32. The van der Waals surface area contributed by atoms with Gasteiger partial charge in [0.15, 0.2) is 0 Å². The summed E-state index contributed by atoms with van der Waals surface area (Å²) in [7, 11) is 0. The predicted octanol–water partition coefficient (Wildman–Crippen LogP) is 1.44. The van der Waals surface area contributed by atoms with E-state index in [-0.39, 0.29) is 17.4 Å². The number of nitrogens with zero attached hydrogens (tertiary/aromatic N) is 4. The van der Waals surface area contributed by atoms with Gasteiger partial charge >= 0.3 is 0 Å². The Morgan fingerprint density at radius 2 is 2.21 bits per heavy atom. The zero-order valence-corrected chi connectivity index (χ0v) is 12.1. The highest BCUT2D eigenvalue weighted by molar-refractivity contribution is 7.08. The molecule has 19 heavy (non-hydrogen) atoms. The van der Waals surface area contributed by atoms with Crippen molar-refractivity contribution in [2.75, 3.05) is 0 Å². The van der Waals surface area contributed by atoms with Crippen molar-refractivity contribution < 1.29 is 4.79 Å². The molecule has 8 heteroatoms. The summed E-state index contributed by atoms with van der Waals surface area (Å²) in [5.41, 5.74) is 0.495. The molecule has 0 saturated heterocycles. The first-order valence-electron chi connectivity index (χ1n) is 5.88. The van der Waals surface area contributed by atoms with Crippen LogP contribution in [0.1, 0.15) is 54.9 Å². The van der Waals surface area contributed by atoms with Crippen molar-refractivity contribution in [3.63, 3.8) is 0 Å². The largest absolute Gasteiger partial charge is 0.342 e. The summed E-state index contributed by atoms with van der Waals surface area (Å²) in [5, 5.41) is 13.4. The molecule has 2 N–H and O–H groups in total. The van der Waals surface area contributed by atoms with E-state index in [1.807, 2.05) is 27.7 Å². The van der Waals surface area contributed by atoms with Gasteiger partial charge in [-0.2, -0.15) is 5.10 Å². The molecule has 0 saturated carbocycles. The average Bonchev–Trinajstić information content (AvgIpc) is 2.99. The highest BCUT2D eigenvalue weighted by Crippen LogP contribution is 2.26. The standard InChI is InChI=1S/C11H16N6OS/c1-6(9-12-5-13-16-9)14-10(18)7-8(11(2,3)4)15-17-19-7/h5-6H,1-4H3,(H,14,18)(H,12,13,16). The van der Waals surface area contributed by atoms with Crippen molar-refractivity contribution in [3.05, 3.63) is 22.7 Å². The Bertz CT molecular complexity index is 556. The average molecular weight is 280 g/mol. The Labute approximate surface area is 115 Å². The minimum absolute atomic E-state index is 0.191. The molecule has 0 fully saturated rings. The van der Waals surface area contributed by atoms with Crippen LogP contribution in [0.2, 0.25) is 0 Å². The van der Waals surface area contributed by atoms with E-state index in [0.29, 0.717) is 16.4 Å². The van der Waals surface area contributed by atoms with E-state index in [4.69, 9.17) is 0 Å². The molecule has 0 aromatic carbocycles. The van der Waals surface area contributed by atoms with Gasteiger partial charge in [-0.25, -0.2) is 4.98 Å². The molecule has 1 unspecified atom stereocenters. The van der Waals surface area contributed by atoms with Gasteiger partial charge < -0.3 is 5.32 Å². The smallest absolute Gasteiger partial charge is 0.265 e. The molecule has 0 spiro atoms. The number of rotatable bonds is 3. The molecule has 102 valence electrons. The fourth-order valence-corrected chi connectivity index (χ4v) is 2.36. The van der Waals surface area contributed by atoms with Crippen molar-refractivity contribution in [1.29, 1.82) is 0 Å². The fraction of sp³-hybridized carbons (Fsp3) is 0.545. The van der Waals surface area contributed by atoms with Crippen LogP contribution in [0.3, 0.4) is 0 Å². The lowest BCUT2D eigenvalue weighted by atomic mass is 9.91. The number of carbonyl (C=O) groups is 1. The lowest BCUT2D eigenvalue weighted by molar-refractivity contribution is 0.0940. The monoisotopic (exact) mass is 280 g/mol. The van der Waals surface area contributed by atoms with E-state index in [9.17, 15) is 4.79 Å². The van der Waals surface area contributed by atoms with Crippen molar-refractivity contribution in [2.24, 2.45) is 0 Å². The first-order valence-corrected chi connectivity index (χ1v) is 6.66. The summed E-state index contributed by atoms with van der Waals surface area (Å²) >= 11 is 1.10. The van der Waals surface area contributed by atoms with Crippen LogP contribution in [-0.2, 0) is 5.41 Å². The fourth-order valence-electron chi connectivity index (χ4n) is 1.58. The van der Waals surface area contributed by atoms with Crippen LogP contribution >= 0.6 is 11.5 Å². The van der Waals surface area contributed by atoms with Gasteiger partial charge in [0.1, 0.15) is 17.0 Å². The van der Waals surface area contributed by atoms with Crippen LogP contribution in [0, 0.1) is 0 Å². The number of hydrogen-bond acceptors (Lipinski definition) is 6. The van der Waals surface area contributed by atoms with Crippen molar-refractivity contribution >= 4 is 17.4 Å². The second kappa shape index (κ2) is 5.04. The number of H-pyrrole nitrogens is 1. The molecule has 1 amide bonds. The van der Waals surface area contributed by atoms with Gasteiger partial charge in [-0.3, -0.25) is 9.89 Å². The van der Waals surface area contributed by atoms with E-state index in [1.54, 1.807) is 0 Å². The maximum Gasteiger partial charge on any atom is 0.265 e. The van der Waals surface area contributed by atoms with Crippen molar-refractivity contribution in [3.8, 4) is 0 Å². The van der Waals surface area contributed by atoms with Gasteiger partial charge in [-0.05, 0) is 18.5 Å². The Hall–Kier alpha value is -1.83. The second-order valence-electron chi connectivity index (χ2n) is 5.27. The summed E-state index contributed by atoms with van der Waals surface area (Å²) in [6.07, 6.45) is 1.41. The maximum atomic E-state index is 12.2. The number of aromatic nitrogens is 5. The number of aromatic amines is 1. The Kier molecular flexibility index (Phi) is 3.61. The molecule has 0 bridgehead atoms. The van der Waals surface area contributed by atoms with Crippen LogP contribution < -0.4 is 5.32 Å². The summed E-state index contributed by atoms with van der Waals surface area (Å²) in [5.74, 6) is 0.423. The predicted molar refractivity (Wildman–Crippen MR) is 70.9 cm³/mol. The molecule has 0 aliphatic carbocycles. The van der Waals surface area contributed by atoms with Gasteiger partial charge in [-0.1, -0.05) is 25.3 Å². The molecular weight excluding hydrogens is 264 g/mol. The SMILES string of the molecule is CC(NC(=O)c1snnc1C(C)(C)C)c1ncn[nH]1. The van der Waals surface area contributed by atoms with Gasteiger partial charge in [0.2, 0.25) is 0 Å². The van der Waals surface area contributed by atoms with E-state index in [2.05, 4.69) is 30.1 Å². The number of nitrogens with one attached hydrogen (secondary N) is 2. The molecule has 2 aromatic heterocycles. The summed E-state index contributed by atoms with van der Waals surface area (Å²) in [6, 6.07) is -0.245. The minimum atomic E-state index is -0.245. The molecule has 7 nitrogen and oxygen atoms in total. The normalized spacial score (nSPS) is 13.3. The minimum Gasteiger partial charge on any atom is -0.342 e. The topological polar surface area (TPSA) is 96.5 Å². The third kappa shape index (κ3) is 2.95. The van der Waals surface area contributed by atoms with Crippen LogP contribution in [0.5, 0.6) is 0 Å². The number of amides is 1. The zero-order chi connectivity index (χ0) is 14.0. The van der Waals surface area contributed by atoms with E-state index in [0.717, 1.165) is 11.5 Å². The number of carbonyl (C=O) groups excluding carboxylic acids is 1. The first kappa shape index (κ1) is 13.6. The van der Waals surface area contributed by atoms with Gasteiger partial charge in [-0.15, -0.1) is 5.10 Å². The van der Waals surface area contributed by atoms with E-state index < -0.39 is 0 Å². The van der Waals surface area contributed by atoms with Crippen LogP contribution in [0.25, 0.3) is 0 Å². The Morgan fingerprint density at radius 3 is 2.79 bits per heavy atom. The van der Waals surface area contributed by atoms with E-state index in [1.165, 1.54) is 6.33 Å². The maximum absolute atomic E-state index is 12.2. The molecule has 0 aliphatic rings. The van der Waals surface area contributed by atoms with Gasteiger partial charge in [0.25, 0.3) is 5.91 Å². The second-order valence-corrected chi connectivity index (χ2v) is 6.02. The molecule has 1 atom stereocenters. The Morgan fingerprint density at radius 1 is 1.47 bits per heavy atom. The highest BCUT2D eigenvalue weighted by Gasteiger charge is 2.27. The quantitative estimate of drug-likeness (QED) is 0.887. The summed E-state index contributed by atoms with van der Waals surface area (Å²) in [6.45, 7) is 7.84. The van der Waals surface area contributed by atoms with Gasteiger partial charge in [0.05, 0.1) is 11.7 Å². The lowest BCUT2D eigenvalue weighted by Crippen LogP contribution is -2.29. The zero-order valence-electron chi connectivity index (χ0n) is 11.3. The molecule has 2 aromatic rings. The van der Waals surface area contributed by atoms with Crippen molar-refractivity contribution in [1.82, 2.24) is 30.1 Å². The highest BCUT2D eigenvalue weighted by atomic mass is 32.1. The van der Waals surface area contributed by atoms with Gasteiger partial charge in [0, 0.05) is 5.41 Å².